The van der Waals surface area contributed by atoms with Crippen LogP contribution in [0.3, 0.4) is 0 Å². The normalized spacial score (nSPS) is 15.8. The quantitative estimate of drug-likeness (QED) is 0.797. The number of benzene rings is 2. The largest absolute Gasteiger partial charge is 0.573 e. The Hall–Kier alpha value is -3.23. The Kier molecular flexibility index (Phi) is 5.17. The van der Waals surface area contributed by atoms with Crippen molar-refractivity contribution < 1.29 is 22.7 Å². The molecule has 2 amide bonds. The number of urea groups is 1. The van der Waals surface area contributed by atoms with Gasteiger partial charge in [-0.25, -0.2) is 9.79 Å². The SMILES string of the molecule is CC1(C)CN(C(=O)Nc2ccc(OC(F)(F)F)cc2)C(Nc2ccccc2)=N1. The van der Waals surface area contributed by atoms with E-state index in [1.165, 1.54) is 17.0 Å². The minimum Gasteiger partial charge on any atom is -0.406 e. The Balaban J connectivity index is 1.69. The number of anilines is 2. The summed E-state index contributed by atoms with van der Waals surface area (Å²) in [6, 6.07) is 13.8. The zero-order chi connectivity index (χ0) is 20.4. The van der Waals surface area contributed by atoms with E-state index in [9.17, 15) is 18.0 Å². The van der Waals surface area contributed by atoms with Crippen molar-refractivity contribution in [1.82, 2.24) is 4.90 Å². The average Bonchev–Trinajstić information content (AvgIpc) is 2.91. The van der Waals surface area contributed by atoms with Crippen molar-refractivity contribution in [2.45, 2.75) is 25.7 Å². The second kappa shape index (κ2) is 7.41. The number of nitrogens with zero attached hydrogens (tertiary/aromatic N) is 2. The van der Waals surface area contributed by atoms with Gasteiger partial charge in [-0.2, -0.15) is 0 Å². The molecule has 0 aromatic heterocycles. The molecule has 2 aromatic carbocycles. The van der Waals surface area contributed by atoms with Gasteiger partial charge in [0, 0.05) is 11.4 Å². The fourth-order valence-electron chi connectivity index (χ4n) is 2.69. The van der Waals surface area contributed by atoms with E-state index < -0.39 is 17.9 Å². The molecule has 148 valence electrons. The minimum atomic E-state index is -4.76. The molecule has 0 unspecified atom stereocenters. The summed E-state index contributed by atoms with van der Waals surface area (Å²) < 4.78 is 40.5. The lowest BCUT2D eigenvalue weighted by Crippen LogP contribution is -2.42. The average molecular weight is 392 g/mol. The summed E-state index contributed by atoms with van der Waals surface area (Å²) in [7, 11) is 0. The van der Waals surface area contributed by atoms with E-state index in [0.29, 0.717) is 18.2 Å². The predicted octanol–water partition coefficient (Wildman–Crippen LogP) is 4.68. The van der Waals surface area contributed by atoms with Crippen molar-refractivity contribution in [3.63, 3.8) is 0 Å². The van der Waals surface area contributed by atoms with Gasteiger partial charge >= 0.3 is 12.4 Å². The highest BCUT2D eigenvalue weighted by Gasteiger charge is 2.35. The van der Waals surface area contributed by atoms with Crippen LogP contribution in [0.5, 0.6) is 5.75 Å². The van der Waals surface area contributed by atoms with Gasteiger partial charge in [-0.15, -0.1) is 13.2 Å². The molecule has 2 aromatic rings. The highest BCUT2D eigenvalue weighted by Crippen LogP contribution is 2.25. The van der Waals surface area contributed by atoms with Gasteiger partial charge in [0.15, 0.2) is 0 Å². The first kappa shape index (κ1) is 19.5. The number of ether oxygens (including phenoxy) is 1. The van der Waals surface area contributed by atoms with Gasteiger partial charge in [-0.3, -0.25) is 4.90 Å². The number of amides is 2. The van der Waals surface area contributed by atoms with Crippen molar-refractivity contribution >= 4 is 23.4 Å². The summed E-state index contributed by atoms with van der Waals surface area (Å²) in [4.78, 5) is 18.7. The first-order chi connectivity index (χ1) is 13.1. The lowest BCUT2D eigenvalue weighted by atomic mass is 10.1. The van der Waals surface area contributed by atoms with Gasteiger partial charge in [0.25, 0.3) is 0 Å². The summed E-state index contributed by atoms with van der Waals surface area (Å²) in [5.41, 5.74) is 0.646. The topological polar surface area (TPSA) is 66.0 Å². The monoisotopic (exact) mass is 392 g/mol. The van der Waals surface area contributed by atoms with Crippen LogP contribution in [0.25, 0.3) is 0 Å². The Morgan fingerprint density at radius 2 is 1.71 bits per heavy atom. The highest BCUT2D eigenvalue weighted by atomic mass is 19.4. The molecule has 0 fully saturated rings. The van der Waals surface area contributed by atoms with E-state index in [1.54, 1.807) is 0 Å². The number of alkyl halides is 3. The van der Waals surface area contributed by atoms with Crippen LogP contribution in [0.4, 0.5) is 29.3 Å². The number of carbonyl (C=O) groups excluding carboxylic acids is 1. The summed E-state index contributed by atoms with van der Waals surface area (Å²) in [5, 5.41) is 5.78. The second-order valence-corrected chi connectivity index (χ2v) is 6.83. The predicted molar refractivity (Wildman–Crippen MR) is 100 cm³/mol. The van der Waals surface area contributed by atoms with Crippen LogP contribution in [0.15, 0.2) is 59.6 Å². The molecule has 3 rings (SSSR count). The molecular weight excluding hydrogens is 373 g/mol. The molecule has 2 N–H and O–H groups in total. The molecule has 0 saturated heterocycles. The molecule has 6 nitrogen and oxygen atoms in total. The first-order valence-electron chi connectivity index (χ1n) is 8.48. The van der Waals surface area contributed by atoms with Crippen LogP contribution in [-0.4, -0.2) is 35.3 Å². The van der Waals surface area contributed by atoms with Crippen molar-refractivity contribution in [3.05, 3.63) is 54.6 Å². The van der Waals surface area contributed by atoms with Crippen molar-refractivity contribution in [3.8, 4) is 5.75 Å². The molecule has 1 aliphatic rings. The third-order valence-electron chi connectivity index (χ3n) is 3.82. The minimum absolute atomic E-state index is 0.336. The van der Waals surface area contributed by atoms with Gasteiger partial charge < -0.3 is 15.4 Å². The van der Waals surface area contributed by atoms with Crippen LogP contribution < -0.4 is 15.4 Å². The fraction of sp³-hybridized carbons (Fsp3) is 0.263. The Morgan fingerprint density at radius 3 is 2.32 bits per heavy atom. The number of guanidine groups is 1. The molecule has 28 heavy (non-hydrogen) atoms. The number of nitrogens with one attached hydrogen (secondary N) is 2. The zero-order valence-electron chi connectivity index (χ0n) is 15.2. The number of rotatable bonds is 3. The number of carbonyl (C=O) groups is 1. The molecule has 1 aliphatic heterocycles. The lowest BCUT2D eigenvalue weighted by molar-refractivity contribution is -0.274. The third-order valence-corrected chi connectivity index (χ3v) is 3.82. The molecule has 0 aliphatic carbocycles. The fourth-order valence-corrected chi connectivity index (χ4v) is 2.69. The summed E-state index contributed by atoms with van der Waals surface area (Å²) >= 11 is 0. The molecule has 0 spiro atoms. The third kappa shape index (κ3) is 5.15. The van der Waals surface area contributed by atoms with Crippen molar-refractivity contribution in [1.29, 1.82) is 0 Å². The maximum atomic E-state index is 12.7. The molecule has 0 bridgehead atoms. The number of para-hydroxylation sites is 1. The Morgan fingerprint density at radius 1 is 1.07 bits per heavy atom. The summed E-state index contributed by atoms with van der Waals surface area (Å²) in [5.74, 6) is 0.0338. The molecule has 0 saturated carbocycles. The maximum absolute atomic E-state index is 12.7. The zero-order valence-corrected chi connectivity index (χ0v) is 15.2. The number of aliphatic imine (C=N–C) groups is 1. The van der Waals surface area contributed by atoms with E-state index in [1.807, 2.05) is 44.2 Å². The van der Waals surface area contributed by atoms with Crippen LogP contribution in [0, 0.1) is 0 Å². The lowest BCUT2D eigenvalue weighted by Gasteiger charge is -2.21. The molecule has 0 radical (unpaired) electrons. The van der Waals surface area contributed by atoms with Gasteiger partial charge in [0.2, 0.25) is 5.96 Å². The van der Waals surface area contributed by atoms with Crippen molar-refractivity contribution in [2.24, 2.45) is 4.99 Å². The van der Waals surface area contributed by atoms with Crippen LogP contribution >= 0.6 is 0 Å². The number of halogens is 3. The van der Waals surface area contributed by atoms with Gasteiger partial charge in [0.1, 0.15) is 5.75 Å². The van der Waals surface area contributed by atoms with Gasteiger partial charge in [0.05, 0.1) is 12.1 Å². The van der Waals surface area contributed by atoms with E-state index >= 15 is 0 Å². The maximum Gasteiger partial charge on any atom is 0.573 e. The molecule has 0 atom stereocenters. The highest BCUT2D eigenvalue weighted by molar-refractivity contribution is 6.08. The van der Waals surface area contributed by atoms with E-state index in [4.69, 9.17) is 0 Å². The molecule has 9 heteroatoms. The van der Waals surface area contributed by atoms with Crippen LogP contribution in [-0.2, 0) is 0 Å². The molecule has 1 heterocycles. The van der Waals surface area contributed by atoms with Gasteiger partial charge in [-0.05, 0) is 50.2 Å². The standard InChI is InChI=1S/C19H19F3N4O2/c1-18(2)12-26(16(25-18)23-13-6-4-3-5-7-13)17(27)24-14-8-10-15(11-9-14)28-19(20,21)22/h3-11H,12H2,1-2H3,(H,23,25)(H,24,27). The van der Waals surface area contributed by atoms with Crippen molar-refractivity contribution in [2.75, 3.05) is 17.2 Å². The first-order valence-corrected chi connectivity index (χ1v) is 8.48. The van der Waals surface area contributed by atoms with E-state index in [0.717, 1.165) is 17.8 Å². The van der Waals surface area contributed by atoms with E-state index in [2.05, 4.69) is 20.4 Å². The smallest absolute Gasteiger partial charge is 0.406 e. The Bertz CT molecular complexity index is 865. The van der Waals surface area contributed by atoms with Crippen LogP contribution in [0.1, 0.15) is 13.8 Å². The summed E-state index contributed by atoms with van der Waals surface area (Å²) in [6.07, 6.45) is -4.76. The van der Waals surface area contributed by atoms with E-state index in [-0.39, 0.29) is 5.75 Å². The van der Waals surface area contributed by atoms with Crippen LogP contribution in [0.2, 0.25) is 0 Å². The summed E-state index contributed by atoms with van der Waals surface area (Å²) in [6.45, 7) is 4.15. The number of hydrogen-bond acceptors (Lipinski definition) is 4. The second-order valence-electron chi connectivity index (χ2n) is 6.83. The number of hydrogen-bond donors (Lipinski definition) is 2. The molecular formula is C19H19F3N4O2. The Labute approximate surface area is 160 Å². The van der Waals surface area contributed by atoms with Gasteiger partial charge in [-0.1, -0.05) is 18.2 Å².